The van der Waals surface area contributed by atoms with E-state index in [1.54, 1.807) is 6.92 Å². The van der Waals surface area contributed by atoms with Gasteiger partial charge in [-0.2, -0.15) is 0 Å². The van der Waals surface area contributed by atoms with Gasteiger partial charge in [-0.15, -0.1) is 0 Å². The molecule has 11 heteroatoms. The lowest BCUT2D eigenvalue weighted by Crippen LogP contribution is -2.72. The van der Waals surface area contributed by atoms with Crippen LogP contribution in [0, 0.1) is 47.3 Å². The first-order valence-electron chi connectivity index (χ1n) is 18.2. The zero-order valence-electron chi connectivity index (χ0n) is 28.6. The number of hydrogen-bond acceptors (Lipinski definition) is 11. The van der Waals surface area contributed by atoms with Crippen molar-refractivity contribution in [3.8, 4) is 0 Å². The third-order valence-electron chi connectivity index (χ3n) is 13.8. The van der Waals surface area contributed by atoms with E-state index in [4.69, 9.17) is 48.0 Å². The highest BCUT2D eigenvalue weighted by molar-refractivity contribution is 5.60. The summed E-state index contributed by atoms with van der Waals surface area (Å²) in [6.45, 7) is 14.9. The van der Waals surface area contributed by atoms with Gasteiger partial charge in [-0.05, 0) is 94.8 Å². The molecule has 46 heavy (non-hydrogen) atoms. The van der Waals surface area contributed by atoms with E-state index < -0.39 is 53.7 Å². The average molecular weight is 651 g/mol. The molecule has 17 atom stereocenters. The Hall–Kier alpha value is -1.05. The third-order valence-corrected chi connectivity index (χ3v) is 13.8. The van der Waals surface area contributed by atoms with Crippen LogP contribution in [-0.4, -0.2) is 66.4 Å². The summed E-state index contributed by atoms with van der Waals surface area (Å²) in [5.74, 6) is 0.0794. The van der Waals surface area contributed by atoms with Crippen LogP contribution >= 0.6 is 0 Å². The number of carbonyl (C=O) groups is 1. The molecule has 0 aromatic carbocycles. The molecule has 4 bridgehead atoms. The second kappa shape index (κ2) is 11.2. The van der Waals surface area contributed by atoms with E-state index in [0.29, 0.717) is 18.3 Å². The first kappa shape index (κ1) is 32.2. The summed E-state index contributed by atoms with van der Waals surface area (Å²) in [4.78, 5) is 37.9. The summed E-state index contributed by atoms with van der Waals surface area (Å²) in [7, 11) is 0. The Morgan fingerprint density at radius 3 is 1.83 bits per heavy atom. The Kier molecular flexibility index (Phi) is 7.86. The van der Waals surface area contributed by atoms with Crippen LogP contribution in [0.25, 0.3) is 0 Å². The molecule has 8 aliphatic heterocycles. The van der Waals surface area contributed by atoms with Gasteiger partial charge in [0.05, 0.1) is 12.7 Å². The minimum atomic E-state index is -0.890. The van der Waals surface area contributed by atoms with Gasteiger partial charge in [0.25, 0.3) is 0 Å². The fraction of sp³-hybridized carbons (Fsp3) is 0.971. The summed E-state index contributed by atoms with van der Waals surface area (Å²) in [6.07, 6.45) is 4.74. The Bertz CT molecular complexity index is 1190. The smallest absolute Gasteiger partial charge is 0.435 e. The topological polar surface area (TPSA) is 109 Å². The van der Waals surface area contributed by atoms with E-state index in [2.05, 4.69) is 27.7 Å². The molecule has 0 N–H and O–H groups in total. The molecule has 0 radical (unpaired) electrons. The van der Waals surface area contributed by atoms with E-state index in [-0.39, 0.29) is 48.2 Å². The first-order valence-corrected chi connectivity index (χ1v) is 18.2. The molecule has 2 saturated carbocycles. The van der Waals surface area contributed by atoms with E-state index in [9.17, 15) is 4.79 Å². The van der Waals surface area contributed by atoms with Crippen molar-refractivity contribution >= 4 is 6.16 Å². The molecule has 11 nitrogen and oxygen atoms in total. The highest BCUT2D eigenvalue weighted by atomic mass is 17.3. The molecule has 2 aliphatic carbocycles. The maximum Gasteiger partial charge on any atom is 0.508 e. The average Bonchev–Trinajstić information content (AvgIpc) is 3.39. The molecular weight excluding hydrogens is 596 g/mol. The normalized spacial score (nSPS) is 56.2. The van der Waals surface area contributed by atoms with Gasteiger partial charge in [-0.3, -0.25) is 0 Å². The molecule has 0 amide bonds. The summed E-state index contributed by atoms with van der Waals surface area (Å²) in [5, 5.41) is 0. The number of fused-ring (bicyclic) bond motifs is 4. The van der Waals surface area contributed by atoms with Gasteiger partial charge in [-0.25, -0.2) is 24.3 Å². The van der Waals surface area contributed by atoms with Gasteiger partial charge in [0.1, 0.15) is 12.2 Å². The van der Waals surface area contributed by atoms with Crippen molar-refractivity contribution < 1.29 is 52.8 Å². The van der Waals surface area contributed by atoms with Crippen LogP contribution in [-0.2, 0) is 48.0 Å². The van der Waals surface area contributed by atoms with Crippen LogP contribution in [0.5, 0.6) is 0 Å². The molecule has 2 spiro atoms. The molecule has 10 aliphatic rings. The van der Waals surface area contributed by atoms with Crippen LogP contribution in [0.15, 0.2) is 0 Å². The molecule has 10 rings (SSSR count). The molecular formula is C35H54O11. The number of ether oxygens (including phenoxy) is 6. The molecule has 8 saturated heterocycles. The SMILES string of the molecule is CCOC(=O)O[C@@H](C[C@H]1O[C@@H]2O[C@]3(C)CC[C@H]4[C@H](C)CC[C@@H]([C@H]1C)C24OO3)C1O[C@@H]2O[C@]3(C)CC[C@H]4[C@H](C)CC[C@@H]([C@H]1C)C24OO3. The van der Waals surface area contributed by atoms with Crippen molar-refractivity contribution in [1.82, 2.24) is 0 Å². The minimum absolute atomic E-state index is 0.00808. The van der Waals surface area contributed by atoms with Crippen molar-refractivity contribution in [2.24, 2.45) is 47.3 Å². The molecule has 10 fully saturated rings. The Morgan fingerprint density at radius 2 is 1.26 bits per heavy atom. The van der Waals surface area contributed by atoms with Crippen molar-refractivity contribution in [1.29, 1.82) is 0 Å². The lowest BCUT2D eigenvalue weighted by atomic mass is 9.56. The fourth-order valence-electron chi connectivity index (χ4n) is 11.4. The predicted octanol–water partition coefficient (Wildman–Crippen LogP) is 6.42. The molecule has 0 aromatic heterocycles. The van der Waals surface area contributed by atoms with Gasteiger partial charge in [0.15, 0.2) is 23.8 Å². The van der Waals surface area contributed by atoms with Crippen molar-refractivity contribution in [3.05, 3.63) is 0 Å². The number of rotatable bonds is 5. The predicted molar refractivity (Wildman–Crippen MR) is 160 cm³/mol. The van der Waals surface area contributed by atoms with E-state index in [1.807, 2.05) is 13.8 Å². The maximum absolute atomic E-state index is 13.0. The fourth-order valence-corrected chi connectivity index (χ4v) is 11.4. The zero-order valence-corrected chi connectivity index (χ0v) is 28.6. The third kappa shape index (κ3) is 4.62. The van der Waals surface area contributed by atoms with Crippen LogP contribution in [0.2, 0.25) is 0 Å². The lowest BCUT2D eigenvalue weighted by Gasteiger charge is -2.62. The largest absolute Gasteiger partial charge is 0.508 e. The Balaban J connectivity index is 1.11. The maximum atomic E-state index is 13.0. The van der Waals surface area contributed by atoms with Crippen molar-refractivity contribution in [2.75, 3.05) is 6.61 Å². The highest BCUT2D eigenvalue weighted by Gasteiger charge is 2.72. The summed E-state index contributed by atoms with van der Waals surface area (Å²) >= 11 is 0. The van der Waals surface area contributed by atoms with Crippen molar-refractivity contribution in [2.45, 2.75) is 160 Å². The second-order valence-corrected chi connectivity index (χ2v) is 16.4. The monoisotopic (exact) mass is 650 g/mol. The first-order chi connectivity index (χ1) is 21.9. The number of carbonyl (C=O) groups excluding carboxylic acids is 1. The van der Waals surface area contributed by atoms with E-state index in [1.165, 1.54) is 0 Å². The quantitative estimate of drug-likeness (QED) is 0.243. The lowest BCUT2D eigenvalue weighted by molar-refractivity contribution is -0.573. The van der Waals surface area contributed by atoms with Gasteiger partial charge in [0, 0.05) is 31.1 Å². The summed E-state index contributed by atoms with van der Waals surface area (Å²) in [6, 6.07) is 0. The Labute approximate surface area is 272 Å². The second-order valence-electron chi connectivity index (χ2n) is 16.4. The number of hydrogen-bond donors (Lipinski definition) is 0. The minimum Gasteiger partial charge on any atom is -0.435 e. The van der Waals surface area contributed by atoms with E-state index in [0.717, 1.165) is 51.4 Å². The standard InChI is InChI=1S/C35H54O11/c1-8-37-31(36)39-27(28-21(5)25-12-10-19(3)23-14-16-33(7)42-30(40-28)35(23,25)46-44-33)17-26-20(4)24-11-9-18(2)22-13-15-32(6)41-29(38-26)34(22,24)45-43-32/h18-30H,8-17H2,1-7H3/t18-,19-,20-,21-,22+,23+,24+,25+,26-,27+,28?,29-,30-,32+,33+,34?,35?/m1/s1. The van der Waals surface area contributed by atoms with Crippen LogP contribution in [0.1, 0.15) is 106 Å². The molecule has 8 heterocycles. The summed E-state index contributed by atoms with van der Waals surface area (Å²) < 4.78 is 38.7. The van der Waals surface area contributed by atoms with Crippen LogP contribution in [0.3, 0.4) is 0 Å². The Morgan fingerprint density at radius 1 is 0.717 bits per heavy atom. The van der Waals surface area contributed by atoms with Crippen LogP contribution < -0.4 is 0 Å². The summed E-state index contributed by atoms with van der Waals surface area (Å²) in [5.41, 5.74) is -1.36. The molecule has 0 aromatic rings. The van der Waals surface area contributed by atoms with Gasteiger partial charge < -0.3 is 28.4 Å². The van der Waals surface area contributed by atoms with Crippen molar-refractivity contribution in [3.63, 3.8) is 0 Å². The van der Waals surface area contributed by atoms with Gasteiger partial charge in [0.2, 0.25) is 11.6 Å². The van der Waals surface area contributed by atoms with E-state index >= 15 is 0 Å². The van der Waals surface area contributed by atoms with Gasteiger partial charge in [-0.1, -0.05) is 27.7 Å². The highest BCUT2D eigenvalue weighted by Crippen LogP contribution is 2.63. The molecule has 260 valence electrons. The molecule has 3 unspecified atom stereocenters. The zero-order chi connectivity index (χ0) is 32.2. The van der Waals surface area contributed by atoms with Crippen LogP contribution in [0.4, 0.5) is 4.79 Å². The van der Waals surface area contributed by atoms with Gasteiger partial charge >= 0.3 is 6.16 Å².